The zero-order valence-electron chi connectivity index (χ0n) is 11.9. The number of fused-ring (bicyclic) bond motifs is 3. The summed E-state index contributed by atoms with van der Waals surface area (Å²) in [6, 6.07) is 18.5. The number of H-pyrrole nitrogens is 1. The lowest BCUT2D eigenvalue weighted by Crippen LogP contribution is -2.12. The van der Waals surface area contributed by atoms with Crippen LogP contribution in [-0.4, -0.2) is 14.5 Å². The topological polar surface area (TPSA) is 80.9 Å². The maximum Gasteiger partial charge on any atom is 0.334 e. The van der Waals surface area contributed by atoms with Gasteiger partial charge in [-0.15, -0.1) is 0 Å². The smallest absolute Gasteiger partial charge is 0.302 e. The fraction of sp³-hybridized carbons (Fsp3) is 0. The van der Waals surface area contributed by atoms with E-state index < -0.39 is 16.2 Å². The van der Waals surface area contributed by atoms with Gasteiger partial charge < -0.3 is 4.98 Å². The summed E-state index contributed by atoms with van der Waals surface area (Å²) in [5, 5.41) is 12.6. The van der Waals surface area contributed by atoms with Crippen molar-refractivity contribution in [2.45, 2.75) is 0 Å². The minimum atomic E-state index is -0.706. The average Bonchev–Trinajstić information content (AvgIpc) is 2.88. The van der Waals surface area contributed by atoms with E-state index in [2.05, 4.69) is 4.98 Å². The maximum atomic E-state index is 12.0. The molecule has 6 heteroatoms. The molecular formula is C17H11N3O3. The highest BCUT2D eigenvalue weighted by Crippen LogP contribution is 2.31. The highest BCUT2D eigenvalue weighted by Gasteiger charge is 2.19. The van der Waals surface area contributed by atoms with Crippen LogP contribution in [-0.2, 0) is 0 Å². The van der Waals surface area contributed by atoms with E-state index in [4.69, 9.17) is 0 Å². The minimum Gasteiger partial charge on any atom is -0.302 e. The summed E-state index contributed by atoms with van der Waals surface area (Å²) in [5.41, 5.74) is 1.15. The molecule has 2 heterocycles. The number of hydrogen-bond donors (Lipinski definition) is 1. The minimum absolute atomic E-state index is 0.450. The highest BCUT2D eigenvalue weighted by atomic mass is 16.6. The molecule has 2 aromatic heterocycles. The monoisotopic (exact) mass is 305 g/mol. The van der Waals surface area contributed by atoms with Gasteiger partial charge in [-0.3, -0.25) is 19.5 Å². The van der Waals surface area contributed by atoms with Crippen LogP contribution < -0.4 is 5.56 Å². The lowest BCUT2D eigenvalue weighted by atomic mass is 10.2. The van der Waals surface area contributed by atoms with Gasteiger partial charge in [0.05, 0.1) is 10.4 Å². The van der Waals surface area contributed by atoms with Crippen molar-refractivity contribution < 1.29 is 4.92 Å². The van der Waals surface area contributed by atoms with Crippen molar-refractivity contribution in [3.8, 4) is 5.69 Å². The van der Waals surface area contributed by atoms with Crippen molar-refractivity contribution in [3.05, 3.63) is 81.1 Å². The Morgan fingerprint density at radius 1 is 0.957 bits per heavy atom. The molecule has 112 valence electrons. The van der Waals surface area contributed by atoms with Gasteiger partial charge in [0.25, 0.3) is 0 Å². The third-order valence-electron chi connectivity index (χ3n) is 3.87. The second-order valence-corrected chi connectivity index (χ2v) is 5.19. The first-order valence-electron chi connectivity index (χ1n) is 7.03. The molecule has 0 spiro atoms. The van der Waals surface area contributed by atoms with E-state index >= 15 is 0 Å². The second kappa shape index (κ2) is 4.81. The summed E-state index contributed by atoms with van der Waals surface area (Å²) < 4.78 is 1.90. The molecular weight excluding hydrogens is 294 g/mol. The van der Waals surface area contributed by atoms with Crippen LogP contribution in [0.2, 0.25) is 0 Å². The lowest BCUT2D eigenvalue weighted by Gasteiger charge is -2.06. The van der Waals surface area contributed by atoms with Crippen LogP contribution in [0.25, 0.3) is 27.6 Å². The third-order valence-corrected chi connectivity index (χ3v) is 3.87. The fourth-order valence-electron chi connectivity index (χ4n) is 2.89. The molecule has 0 radical (unpaired) electrons. The van der Waals surface area contributed by atoms with Crippen molar-refractivity contribution in [2.75, 3.05) is 0 Å². The Hall–Kier alpha value is -3.41. The average molecular weight is 305 g/mol. The molecule has 0 saturated carbocycles. The Labute approximate surface area is 129 Å². The van der Waals surface area contributed by atoms with Crippen LogP contribution in [0.3, 0.4) is 0 Å². The number of hydrogen-bond acceptors (Lipinski definition) is 3. The molecule has 2 aromatic carbocycles. The van der Waals surface area contributed by atoms with E-state index in [1.54, 1.807) is 0 Å². The van der Waals surface area contributed by atoms with Crippen LogP contribution in [0.5, 0.6) is 0 Å². The summed E-state index contributed by atoms with van der Waals surface area (Å²) in [6.07, 6.45) is 0. The first-order valence-corrected chi connectivity index (χ1v) is 7.03. The van der Waals surface area contributed by atoms with Gasteiger partial charge in [-0.2, -0.15) is 0 Å². The van der Waals surface area contributed by atoms with Crippen LogP contribution in [0, 0.1) is 10.1 Å². The van der Waals surface area contributed by atoms with Gasteiger partial charge in [0.1, 0.15) is 5.65 Å². The van der Waals surface area contributed by atoms with Gasteiger partial charge in [0, 0.05) is 22.5 Å². The molecule has 0 aliphatic rings. The molecule has 0 fully saturated rings. The van der Waals surface area contributed by atoms with Gasteiger partial charge in [-0.25, -0.2) is 0 Å². The molecule has 6 nitrogen and oxygen atoms in total. The van der Waals surface area contributed by atoms with E-state index in [-0.39, 0.29) is 0 Å². The quantitative estimate of drug-likeness (QED) is 0.455. The summed E-state index contributed by atoms with van der Waals surface area (Å²) >= 11 is 0. The largest absolute Gasteiger partial charge is 0.334 e. The van der Waals surface area contributed by atoms with Crippen molar-refractivity contribution in [1.82, 2.24) is 9.55 Å². The Kier molecular flexibility index (Phi) is 2.77. The van der Waals surface area contributed by atoms with Crippen molar-refractivity contribution in [2.24, 2.45) is 0 Å². The van der Waals surface area contributed by atoms with Crippen molar-refractivity contribution in [3.63, 3.8) is 0 Å². The molecule has 4 rings (SSSR count). The normalized spacial score (nSPS) is 11.1. The maximum absolute atomic E-state index is 12.0. The summed E-state index contributed by atoms with van der Waals surface area (Å²) in [5.74, 6) is 0. The van der Waals surface area contributed by atoms with Gasteiger partial charge in [0.2, 0.25) is 0 Å². The number of benzene rings is 2. The number of aromatic nitrogens is 2. The standard InChI is InChI=1S/C17H11N3O3/c21-17-15(20(22)23)10-13-12-8-4-5-9-14(12)19(16(13)18-17)11-6-2-1-3-7-11/h1-10H,(H,18,21). The van der Waals surface area contributed by atoms with Gasteiger partial charge in [-0.1, -0.05) is 36.4 Å². The van der Waals surface area contributed by atoms with Crippen LogP contribution >= 0.6 is 0 Å². The van der Waals surface area contributed by atoms with Gasteiger partial charge in [0.15, 0.2) is 0 Å². The number of para-hydroxylation sites is 2. The summed E-state index contributed by atoms with van der Waals surface area (Å²) in [6.45, 7) is 0. The van der Waals surface area contributed by atoms with Gasteiger partial charge >= 0.3 is 11.2 Å². The molecule has 23 heavy (non-hydrogen) atoms. The van der Waals surface area contributed by atoms with E-state index in [1.807, 2.05) is 59.2 Å². The number of aromatic amines is 1. The van der Waals surface area contributed by atoms with Gasteiger partial charge in [-0.05, 0) is 18.2 Å². The van der Waals surface area contributed by atoms with E-state index in [0.717, 1.165) is 16.6 Å². The second-order valence-electron chi connectivity index (χ2n) is 5.19. The molecule has 1 N–H and O–H groups in total. The van der Waals surface area contributed by atoms with Crippen molar-refractivity contribution in [1.29, 1.82) is 0 Å². The van der Waals surface area contributed by atoms with E-state index in [1.165, 1.54) is 6.07 Å². The molecule has 4 aromatic rings. The highest BCUT2D eigenvalue weighted by molar-refractivity contribution is 6.08. The summed E-state index contributed by atoms with van der Waals surface area (Å²) in [7, 11) is 0. The predicted octanol–water partition coefficient (Wildman–Crippen LogP) is 3.38. The van der Waals surface area contributed by atoms with Crippen molar-refractivity contribution >= 4 is 27.6 Å². The lowest BCUT2D eigenvalue weighted by molar-refractivity contribution is -0.386. The first-order chi connectivity index (χ1) is 11.2. The SMILES string of the molecule is O=c1[nH]c2c(cc1[N+](=O)[O-])c1ccccc1n2-c1ccccc1. The van der Waals surface area contributed by atoms with E-state index in [9.17, 15) is 14.9 Å². The number of pyridine rings is 1. The Morgan fingerprint density at radius 3 is 2.39 bits per heavy atom. The Balaban J connectivity index is 2.22. The Bertz CT molecular complexity index is 1110. The number of nitrogens with one attached hydrogen (secondary N) is 1. The van der Waals surface area contributed by atoms with Crippen LogP contribution in [0.15, 0.2) is 65.5 Å². The van der Waals surface area contributed by atoms with Crippen LogP contribution in [0.1, 0.15) is 0 Å². The number of nitrogens with zero attached hydrogens (tertiary/aromatic N) is 2. The number of nitro groups is 1. The zero-order chi connectivity index (χ0) is 16.0. The predicted molar refractivity (Wildman–Crippen MR) is 88.1 cm³/mol. The fourth-order valence-corrected chi connectivity index (χ4v) is 2.89. The molecule has 0 saturated heterocycles. The molecule has 0 amide bonds. The molecule has 0 unspecified atom stereocenters. The first kappa shape index (κ1) is 13.3. The molecule has 0 bridgehead atoms. The number of rotatable bonds is 2. The summed E-state index contributed by atoms with van der Waals surface area (Å²) in [4.78, 5) is 25.1. The molecule has 0 atom stereocenters. The molecule has 0 aliphatic heterocycles. The van der Waals surface area contributed by atoms with E-state index in [0.29, 0.717) is 11.0 Å². The third kappa shape index (κ3) is 1.92. The van der Waals surface area contributed by atoms with Crippen LogP contribution in [0.4, 0.5) is 5.69 Å². The zero-order valence-corrected chi connectivity index (χ0v) is 11.9. The Morgan fingerprint density at radius 2 is 1.65 bits per heavy atom. The molecule has 0 aliphatic carbocycles.